The van der Waals surface area contributed by atoms with Gasteiger partial charge in [-0.25, -0.2) is 9.78 Å². The molecule has 0 atom stereocenters. The van der Waals surface area contributed by atoms with Crippen LogP contribution in [0.4, 0.5) is 11.5 Å². The fourth-order valence-corrected chi connectivity index (χ4v) is 2.77. The maximum absolute atomic E-state index is 10.9. The van der Waals surface area contributed by atoms with Gasteiger partial charge in [0.2, 0.25) is 0 Å². The predicted molar refractivity (Wildman–Crippen MR) is 75.2 cm³/mol. The van der Waals surface area contributed by atoms with E-state index in [9.17, 15) is 4.79 Å². The van der Waals surface area contributed by atoms with Crippen molar-refractivity contribution in [2.24, 2.45) is 16.7 Å². The molecule has 2 rings (SSSR count). The first kappa shape index (κ1) is 13.6. The molecule has 104 valence electrons. The molecule has 1 aliphatic carbocycles. The van der Waals surface area contributed by atoms with E-state index in [0.717, 1.165) is 6.54 Å². The van der Waals surface area contributed by atoms with Gasteiger partial charge in [0, 0.05) is 6.54 Å². The van der Waals surface area contributed by atoms with Crippen LogP contribution in [-0.4, -0.2) is 22.6 Å². The SMILES string of the molecule is CC1(C)C(CNc2nc(C(=O)O)ccc2N)C1(C)C. The van der Waals surface area contributed by atoms with Crippen molar-refractivity contribution in [3.05, 3.63) is 17.8 Å². The average Bonchev–Trinajstić information content (AvgIpc) is 2.68. The number of pyridine rings is 1. The van der Waals surface area contributed by atoms with Crippen molar-refractivity contribution < 1.29 is 9.90 Å². The van der Waals surface area contributed by atoms with E-state index in [-0.39, 0.29) is 16.5 Å². The quantitative estimate of drug-likeness (QED) is 0.776. The third kappa shape index (κ3) is 2.13. The van der Waals surface area contributed by atoms with E-state index in [2.05, 4.69) is 38.0 Å². The molecule has 0 unspecified atom stereocenters. The second-order valence-electron chi connectivity index (χ2n) is 6.32. The number of aromatic carboxylic acids is 1. The molecule has 1 heterocycles. The lowest BCUT2D eigenvalue weighted by atomic mass is 10.0. The summed E-state index contributed by atoms with van der Waals surface area (Å²) in [7, 11) is 0. The van der Waals surface area contributed by atoms with Crippen LogP contribution in [0.25, 0.3) is 0 Å². The van der Waals surface area contributed by atoms with Gasteiger partial charge >= 0.3 is 5.97 Å². The van der Waals surface area contributed by atoms with Gasteiger partial charge in [0.1, 0.15) is 5.82 Å². The van der Waals surface area contributed by atoms with E-state index in [1.807, 2.05) is 0 Å². The Balaban J connectivity index is 2.09. The molecular weight excluding hydrogens is 242 g/mol. The monoisotopic (exact) mass is 263 g/mol. The predicted octanol–water partition coefficient (Wildman–Crippen LogP) is 2.46. The summed E-state index contributed by atoms with van der Waals surface area (Å²) in [5, 5.41) is 12.1. The van der Waals surface area contributed by atoms with E-state index in [0.29, 0.717) is 17.4 Å². The molecule has 19 heavy (non-hydrogen) atoms. The maximum Gasteiger partial charge on any atom is 0.354 e. The zero-order chi connectivity index (χ0) is 14.4. The molecular formula is C14H21N3O2. The second-order valence-corrected chi connectivity index (χ2v) is 6.32. The Morgan fingerprint density at radius 3 is 2.42 bits per heavy atom. The van der Waals surface area contributed by atoms with Crippen LogP contribution in [0.5, 0.6) is 0 Å². The number of hydrogen-bond donors (Lipinski definition) is 3. The number of nitrogens with two attached hydrogens (primary N) is 1. The van der Waals surface area contributed by atoms with Gasteiger partial charge in [-0.2, -0.15) is 0 Å². The summed E-state index contributed by atoms with van der Waals surface area (Å²) in [5.74, 6) is -0.0665. The number of rotatable bonds is 4. The van der Waals surface area contributed by atoms with E-state index in [1.165, 1.54) is 6.07 Å². The Morgan fingerprint density at radius 1 is 1.37 bits per heavy atom. The summed E-state index contributed by atoms with van der Waals surface area (Å²) in [6.45, 7) is 9.71. The van der Waals surface area contributed by atoms with Crippen LogP contribution in [-0.2, 0) is 0 Å². The van der Waals surface area contributed by atoms with Gasteiger partial charge in [0.05, 0.1) is 5.69 Å². The number of carboxylic acid groups (broad SMARTS) is 1. The zero-order valence-electron chi connectivity index (χ0n) is 11.8. The van der Waals surface area contributed by atoms with Crippen LogP contribution in [0.1, 0.15) is 38.2 Å². The van der Waals surface area contributed by atoms with Crippen LogP contribution in [0.2, 0.25) is 0 Å². The molecule has 0 spiro atoms. The van der Waals surface area contributed by atoms with Crippen molar-refractivity contribution in [1.82, 2.24) is 4.98 Å². The number of anilines is 2. The Morgan fingerprint density at radius 2 is 1.95 bits per heavy atom. The largest absolute Gasteiger partial charge is 0.477 e. The molecule has 0 saturated heterocycles. The first-order valence-corrected chi connectivity index (χ1v) is 6.41. The van der Waals surface area contributed by atoms with Crippen molar-refractivity contribution >= 4 is 17.5 Å². The molecule has 0 aliphatic heterocycles. The molecule has 1 aliphatic rings. The lowest BCUT2D eigenvalue weighted by molar-refractivity contribution is 0.0690. The highest BCUT2D eigenvalue weighted by Gasteiger charge is 2.64. The van der Waals surface area contributed by atoms with E-state index >= 15 is 0 Å². The number of nitrogen functional groups attached to an aromatic ring is 1. The molecule has 1 fully saturated rings. The highest BCUT2D eigenvalue weighted by Crippen LogP contribution is 2.68. The summed E-state index contributed by atoms with van der Waals surface area (Å²) in [6.07, 6.45) is 0. The molecule has 5 heteroatoms. The molecule has 1 aromatic rings. The van der Waals surface area contributed by atoms with Gasteiger partial charge < -0.3 is 16.2 Å². The van der Waals surface area contributed by atoms with Crippen molar-refractivity contribution in [1.29, 1.82) is 0 Å². The minimum Gasteiger partial charge on any atom is -0.477 e. The molecule has 1 aromatic heterocycles. The molecule has 5 nitrogen and oxygen atoms in total. The standard InChI is InChI=1S/C14H21N3O2/c1-13(2)10(14(13,3)4)7-16-11-8(15)5-6-9(17-11)12(18)19/h5-6,10H,7,15H2,1-4H3,(H,16,17)(H,18,19). The number of aromatic nitrogens is 1. The zero-order valence-corrected chi connectivity index (χ0v) is 11.8. The van der Waals surface area contributed by atoms with Crippen LogP contribution < -0.4 is 11.1 Å². The second kappa shape index (κ2) is 4.11. The lowest BCUT2D eigenvalue weighted by Crippen LogP contribution is -2.13. The number of carbonyl (C=O) groups is 1. The third-order valence-corrected chi connectivity index (χ3v) is 4.94. The maximum atomic E-state index is 10.9. The highest BCUT2D eigenvalue weighted by atomic mass is 16.4. The topological polar surface area (TPSA) is 88.2 Å². The summed E-state index contributed by atoms with van der Waals surface area (Å²) < 4.78 is 0. The molecule has 0 amide bonds. The van der Waals surface area contributed by atoms with Crippen LogP contribution in [0.15, 0.2) is 12.1 Å². The fraction of sp³-hybridized carbons (Fsp3) is 0.571. The number of nitrogens with zero attached hydrogens (tertiary/aromatic N) is 1. The normalized spacial score (nSPS) is 20.0. The van der Waals surface area contributed by atoms with Crippen molar-refractivity contribution in [2.75, 3.05) is 17.6 Å². The van der Waals surface area contributed by atoms with Gasteiger partial charge in [0.15, 0.2) is 5.69 Å². The fourth-order valence-electron chi connectivity index (χ4n) is 2.77. The minimum atomic E-state index is -1.05. The average molecular weight is 263 g/mol. The lowest BCUT2D eigenvalue weighted by Gasteiger charge is -2.10. The van der Waals surface area contributed by atoms with Gasteiger partial charge in [-0.1, -0.05) is 27.7 Å². The van der Waals surface area contributed by atoms with Crippen LogP contribution in [0, 0.1) is 16.7 Å². The van der Waals surface area contributed by atoms with E-state index in [4.69, 9.17) is 10.8 Å². The number of nitrogens with one attached hydrogen (secondary N) is 1. The first-order valence-electron chi connectivity index (χ1n) is 6.41. The molecule has 0 bridgehead atoms. The summed E-state index contributed by atoms with van der Waals surface area (Å²) in [6, 6.07) is 2.98. The minimum absolute atomic E-state index is 0.00557. The van der Waals surface area contributed by atoms with E-state index < -0.39 is 5.97 Å². The highest BCUT2D eigenvalue weighted by molar-refractivity contribution is 5.86. The van der Waals surface area contributed by atoms with Crippen molar-refractivity contribution in [3.63, 3.8) is 0 Å². The smallest absolute Gasteiger partial charge is 0.354 e. The molecule has 1 saturated carbocycles. The van der Waals surface area contributed by atoms with Gasteiger partial charge in [-0.3, -0.25) is 0 Å². The van der Waals surface area contributed by atoms with Crippen LogP contribution in [0.3, 0.4) is 0 Å². The first-order chi connectivity index (χ1) is 8.68. The Bertz CT molecular complexity index is 509. The van der Waals surface area contributed by atoms with E-state index in [1.54, 1.807) is 6.07 Å². The van der Waals surface area contributed by atoms with Crippen molar-refractivity contribution in [3.8, 4) is 0 Å². The van der Waals surface area contributed by atoms with Crippen molar-refractivity contribution in [2.45, 2.75) is 27.7 Å². The van der Waals surface area contributed by atoms with Gasteiger partial charge in [-0.05, 0) is 28.9 Å². The molecule has 0 aromatic carbocycles. The summed E-state index contributed by atoms with van der Waals surface area (Å²) in [5.41, 5.74) is 6.85. The van der Waals surface area contributed by atoms with Gasteiger partial charge in [-0.15, -0.1) is 0 Å². The summed E-state index contributed by atoms with van der Waals surface area (Å²) in [4.78, 5) is 14.9. The number of hydrogen-bond acceptors (Lipinski definition) is 4. The number of carboxylic acids is 1. The van der Waals surface area contributed by atoms with Crippen LogP contribution >= 0.6 is 0 Å². The van der Waals surface area contributed by atoms with Gasteiger partial charge in [0.25, 0.3) is 0 Å². The third-order valence-electron chi connectivity index (χ3n) is 4.94. The molecule has 4 N–H and O–H groups in total. The Hall–Kier alpha value is -1.78. The Kier molecular flexibility index (Phi) is 2.96. The Labute approximate surface area is 113 Å². The summed E-state index contributed by atoms with van der Waals surface area (Å²) >= 11 is 0. The molecule has 0 radical (unpaired) electrons.